The zero-order valence-electron chi connectivity index (χ0n) is 10.2. The molecule has 2 aliphatic rings. The molecule has 0 spiro atoms. The van der Waals surface area contributed by atoms with Gasteiger partial charge < -0.3 is 15.1 Å². The van der Waals surface area contributed by atoms with Gasteiger partial charge in [0.25, 0.3) is 0 Å². The van der Waals surface area contributed by atoms with Crippen molar-refractivity contribution < 1.29 is 0 Å². The third-order valence-corrected chi connectivity index (χ3v) is 3.96. The van der Waals surface area contributed by atoms with Gasteiger partial charge in [0.15, 0.2) is 0 Å². The Hall–Kier alpha value is -0.120. The Morgan fingerprint density at radius 2 is 2.20 bits per heavy atom. The third kappa shape index (κ3) is 3.16. The molecule has 2 fully saturated rings. The summed E-state index contributed by atoms with van der Waals surface area (Å²) < 4.78 is 0. The van der Waals surface area contributed by atoms with E-state index in [9.17, 15) is 0 Å². The molecule has 0 saturated carbocycles. The second-order valence-corrected chi connectivity index (χ2v) is 5.30. The van der Waals surface area contributed by atoms with Gasteiger partial charge in [0.2, 0.25) is 0 Å². The maximum atomic E-state index is 3.51. The molecule has 0 aromatic carbocycles. The number of likely N-dealkylation sites (N-methyl/N-ethyl adjacent to an activating group) is 1. The van der Waals surface area contributed by atoms with Crippen molar-refractivity contribution in [1.82, 2.24) is 15.1 Å². The first-order valence-electron chi connectivity index (χ1n) is 6.39. The normalized spacial score (nSPS) is 35.6. The second kappa shape index (κ2) is 5.28. The van der Waals surface area contributed by atoms with E-state index in [0.29, 0.717) is 0 Å². The molecule has 0 aromatic heterocycles. The molecule has 88 valence electrons. The highest BCUT2D eigenvalue weighted by Crippen LogP contribution is 2.14. The quantitative estimate of drug-likeness (QED) is 0.722. The molecule has 0 amide bonds. The first kappa shape index (κ1) is 11.4. The monoisotopic (exact) mass is 211 g/mol. The maximum absolute atomic E-state index is 3.51. The molecule has 0 aliphatic carbocycles. The van der Waals surface area contributed by atoms with Gasteiger partial charge in [0, 0.05) is 32.2 Å². The smallest absolute Gasteiger partial charge is 0.0192 e. The molecule has 0 aromatic rings. The van der Waals surface area contributed by atoms with Gasteiger partial charge >= 0.3 is 0 Å². The summed E-state index contributed by atoms with van der Waals surface area (Å²) in [7, 11) is 2.24. The first-order valence-corrected chi connectivity index (χ1v) is 6.39. The largest absolute Gasteiger partial charge is 0.316 e. The molecule has 2 unspecified atom stereocenters. The van der Waals surface area contributed by atoms with Crippen LogP contribution in [0.2, 0.25) is 0 Å². The van der Waals surface area contributed by atoms with Crippen LogP contribution < -0.4 is 5.32 Å². The van der Waals surface area contributed by atoms with E-state index in [1.54, 1.807) is 0 Å². The highest BCUT2D eigenvalue weighted by atomic mass is 15.3. The van der Waals surface area contributed by atoms with Gasteiger partial charge in [-0.05, 0) is 45.8 Å². The third-order valence-electron chi connectivity index (χ3n) is 3.96. The van der Waals surface area contributed by atoms with Crippen molar-refractivity contribution in [2.45, 2.75) is 25.8 Å². The fourth-order valence-electron chi connectivity index (χ4n) is 2.73. The van der Waals surface area contributed by atoms with E-state index in [1.165, 1.54) is 52.1 Å². The summed E-state index contributed by atoms with van der Waals surface area (Å²) in [5.41, 5.74) is 0. The number of nitrogens with one attached hydrogen (secondary N) is 1. The van der Waals surface area contributed by atoms with Crippen LogP contribution in [-0.2, 0) is 0 Å². The summed E-state index contributed by atoms with van der Waals surface area (Å²) >= 11 is 0. The van der Waals surface area contributed by atoms with Gasteiger partial charge in [0.1, 0.15) is 0 Å². The maximum Gasteiger partial charge on any atom is 0.0192 e. The molecule has 15 heavy (non-hydrogen) atoms. The Labute approximate surface area is 93.8 Å². The van der Waals surface area contributed by atoms with E-state index in [1.807, 2.05) is 0 Å². The molecule has 2 heterocycles. The van der Waals surface area contributed by atoms with Gasteiger partial charge in [-0.25, -0.2) is 0 Å². The second-order valence-electron chi connectivity index (χ2n) is 5.30. The van der Waals surface area contributed by atoms with Crippen LogP contribution in [-0.4, -0.2) is 62.2 Å². The van der Waals surface area contributed by atoms with Crippen LogP contribution in [0.25, 0.3) is 0 Å². The topological polar surface area (TPSA) is 18.5 Å². The van der Waals surface area contributed by atoms with Crippen LogP contribution in [0.3, 0.4) is 0 Å². The van der Waals surface area contributed by atoms with E-state index in [-0.39, 0.29) is 0 Å². The lowest BCUT2D eigenvalue weighted by Crippen LogP contribution is -2.52. The molecule has 3 nitrogen and oxygen atoms in total. The number of piperazine rings is 1. The molecular weight excluding hydrogens is 186 g/mol. The fourth-order valence-corrected chi connectivity index (χ4v) is 2.73. The fraction of sp³-hybridized carbons (Fsp3) is 1.00. The highest BCUT2D eigenvalue weighted by molar-refractivity contribution is 4.80. The molecule has 2 aliphatic heterocycles. The predicted molar refractivity (Wildman–Crippen MR) is 64.1 cm³/mol. The lowest BCUT2D eigenvalue weighted by atomic mass is 9.98. The number of hydrogen-bond donors (Lipinski definition) is 1. The van der Waals surface area contributed by atoms with E-state index < -0.39 is 0 Å². The van der Waals surface area contributed by atoms with Crippen LogP contribution in [0.5, 0.6) is 0 Å². The van der Waals surface area contributed by atoms with Crippen LogP contribution in [0.15, 0.2) is 0 Å². The van der Waals surface area contributed by atoms with Crippen molar-refractivity contribution in [3.63, 3.8) is 0 Å². The van der Waals surface area contributed by atoms with Crippen LogP contribution in [0.1, 0.15) is 19.8 Å². The summed E-state index contributed by atoms with van der Waals surface area (Å²) in [6.45, 7) is 9.87. The standard InChI is InChI=1S/C12H25N3/c1-11-9-15(7-6-14(11)2)10-12-4-3-5-13-8-12/h11-13H,3-10H2,1-2H3. The Bertz CT molecular complexity index is 189. The van der Waals surface area contributed by atoms with Crippen molar-refractivity contribution in [3.05, 3.63) is 0 Å². The predicted octanol–water partition coefficient (Wildman–Crippen LogP) is 0.622. The average molecular weight is 211 g/mol. The van der Waals surface area contributed by atoms with Gasteiger partial charge in [0.05, 0.1) is 0 Å². The lowest BCUT2D eigenvalue weighted by molar-refractivity contribution is 0.0881. The van der Waals surface area contributed by atoms with E-state index in [0.717, 1.165) is 12.0 Å². The molecule has 1 N–H and O–H groups in total. The van der Waals surface area contributed by atoms with Gasteiger partial charge in [-0.3, -0.25) is 0 Å². The van der Waals surface area contributed by atoms with Crippen LogP contribution in [0.4, 0.5) is 0 Å². The minimum absolute atomic E-state index is 0.732. The van der Waals surface area contributed by atoms with E-state index in [2.05, 4.69) is 29.1 Å². The highest BCUT2D eigenvalue weighted by Gasteiger charge is 2.23. The molecule has 0 radical (unpaired) electrons. The minimum atomic E-state index is 0.732. The SMILES string of the molecule is CC1CN(CC2CCCNC2)CCN1C. The molecule has 2 saturated heterocycles. The molecule has 0 bridgehead atoms. The Balaban J connectivity index is 1.74. The summed E-state index contributed by atoms with van der Waals surface area (Å²) in [5.74, 6) is 0.898. The van der Waals surface area contributed by atoms with E-state index >= 15 is 0 Å². The Kier molecular flexibility index (Phi) is 4.00. The first-order chi connectivity index (χ1) is 7.25. The van der Waals surface area contributed by atoms with Gasteiger partial charge in [-0.2, -0.15) is 0 Å². The summed E-state index contributed by atoms with van der Waals surface area (Å²) in [5, 5.41) is 3.51. The number of piperidine rings is 1. The molecular formula is C12H25N3. The van der Waals surface area contributed by atoms with Crippen molar-refractivity contribution in [1.29, 1.82) is 0 Å². The number of hydrogen-bond acceptors (Lipinski definition) is 3. The number of nitrogens with zero attached hydrogens (tertiary/aromatic N) is 2. The van der Waals surface area contributed by atoms with E-state index in [4.69, 9.17) is 0 Å². The lowest BCUT2D eigenvalue weighted by Gasteiger charge is -2.39. The van der Waals surface area contributed by atoms with Crippen molar-refractivity contribution in [2.24, 2.45) is 5.92 Å². The summed E-state index contributed by atoms with van der Waals surface area (Å²) in [6.07, 6.45) is 2.79. The van der Waals surface area contributed by atoms with Gasteiger partial charge in [-0.1, -0.05) is 0 Å². The Morgan fingerprint density at radius 3 is 2.87 bits per heavy atom. The van der Waals surface area contributed by atoms with Crippen molar-refractivity contribution in [2.75, 3.05) is 46.3 Å². The summed E-state index contributed by atoms with van der Waals surface area (Å²) in [6, 6.07) is 0.732. The summed E-state index contributed by atoms with van der Waals surface area (Å²) in [4.78, 5) is 5.12. The van der Waals surface area contributed by atoms with Gasteiger partial charge in [-0.15, -0.1) is 0 Å². The van der Waals surface area contributed by atoms with Crippen molar-refractivity contribution >= 4 is 0 Å². The minimum Gasteiger partial charge on any atom is -0.316 e. The molecule has 2 atom stereocenters. The zero-order valence-corrected chi connectivity index (χ0v) is 10.2. The Morgan fingerprint density at radius 1 is 1.33 bits per heavy atom. The van der Waals surface area contributed by atoms with Crippen LogP contribution >= 0.6 is 0 Å². The van der Waals surface area contributed by atoms with Crippen LogP contribution in [0, 0.1) is 5.92 Å². The molecule has 3 heteroatoms. The zero-order chi connectivity index (χ0) is 10.7. The van der Waals surface area contributed by atoms with Crippen molar-refractivity contribution in [3.8, 4) is 0 Å². The molecule has 2 rings (SSSR count). The number of rotatable bonds is 2. The average Bonchev–Trinajstić information content (AvgIpc) is 2.25.